The quantitative estimate of drug-likeness (QED) is 0.140. The van der Waals surface area contributed by atoms with Crippen LogP contribution < -0.4 is 9.47 Å². The summed E-state index contributed by atoms with van der Waals surface area (Å²) in [6.07, 6.45) is 1.16. The molecule has 172 valence electrons. The maximum atomic E-state index is 12.5. The highest BCUT2D eigenvalue weighted by Crippen LogP contribution is 2.40. The molecule has 10 nitrogen and oxygen atoms in total. The van der Waals surface area contributed by atoms with Crippen molar-refractivity contribution < 1.29 is 28.8 Å². The molecule has 32 heavy (non-hydrogen) atoms. The molecule has 0 aliphatic heterocycles. The lowest BCUT2D eigenvalue weighted by atomic mass is 10.1. The molecular formula is C22H27N3O7. The van der Waals surface area contributed by atoms with Gasteiger partial charge >= 0.3 is 17.6 Å². The van der Waals surface area contributed by atoms with Gasteiger partial charge in [0, 0.05) is 19.2 Å². The summed E-state index contributed by atoms with van der Waals surface area (Å²) in [7, 11) is 0. The molecule has 1 amide bonds. The van der Waals surface area contributed by atoms with E-state index in [9.17, 15) is 29.8 Å². The molecule has 0 radical (unpaired) electrons. The van der Waals surface area contributed by atoms with Crippen molar-refractivity contribution in [3.05, 3.63) is 33.4 Å². The number of hydrogen-bond donors (Lipinski definition) is 0. The lowest BCUT2D eigenvalue weighted by Crippen LogP contribution is -2.31. The van der Waals surface area contributed by atoms with E-state index in [1.165, 1.54) is 11.0 Å². The number of nitriles is 1. The Kier molecular flexibility index (Phi) is 9.53. The number of nitro groups is 1. The van der Waals surface area contributed by atoms with Gasteiger partial charge in [-0.1, -0.05) is 27.7 Å². The van der Waals surface area contributed by atoms with Crippen molar-refractivity contribution in [2.45, 2.75) is 41.5 Å². The number of nitro benzene ring substituents is 1. The Hall–Kier alpha value is -3.74. The van der Waals surface area contributed by atoms with Gasteiger partial charge in [0.25, 0.3) is 11.7 Å². The fourth-order valence-corrected chi connectivity index (χ4v) is 2.44. The second kappa shape index (κ2) is 11.6. The molecule has 0 spiro atoms. The van der Waals surface area contributed by atoms with Crippen LogP contribution in [0.5, 0.6) is 11.5 Å². The molecular weight excluding hydrogens is 418 g/mol. The predicted molar refractivity (Wildman–Crippen MR) is 116 cm³/mol. The monoisotopic (exact) mass is 445 g/mol. The summed E-state index contributed by atoms with van der Waals surface area (Å²) in [6.45, 7) is 10.5. The minimum Gasteiger partial charge on any atom is -0.422 e. The van der Waals surface area contributed by atoms with Gasteiger partial charge in [0.05, 0.1) is 16.8 Å². The third-order valence-corrected chi connectivity index (χ3v) is 4.32. The molecule has 0 aromatic heterocycles. The first-order chi connectivity index (χ1) is 15.0. The summed E-state index contributed by atoms with van der Waals surface area (Å²) in [5.74, 6) is -4.05. The lowest BCUT2D eigenvalue weighted by Gasteiger charge is -2.18. The van der Waals surface area contributed by atoms with Crippen molar-refractivity contribution in [2.75, 3.05) is 13.1 Å². The Morgan fingerprint density at radius 2 is 1.62 bits per heavy atom. The van der Waals surface area contributed by atoms with E-state index in [0.717, 1.165) is 12.1 Å². The van der Waals surface area contributed by atoms with Crippen molar-refractivity contribution in [1.29, 1.82) is 5.26 Å². The summed E-state index contributed by atoms with van der Waals surface area (Å²) in [4.78, 5) is 49.1. The molecule has 0 atom stereocenters. The maximum Gasteiger partial charge on any atom is 0.316 e. The first-order valence-corrected chi connectivity index (χ1v) is 10.1. The summed E-state index contributed by atoms with van der Waals surface area (Å²) >= 11 is 0. The van der Waals surface area contributed by atoms with Crippen LogP contribution in [0.3, 0.4) is 0 Å². The number of carbonyl (C=O) groups is 3. The molecule has 0 aliphatic rings. The summed E-state index contributed by atoms with van der Waals surface area (Å²) in [5.41, 5.74) is -0.840. The zero-order valence-electron chi connectivity index (χ0n) is 19.0. The van der Waals surface area contributed by atoms with Crippen molar-refractivity contribution in [3.8, 4) is 17.6 Å². The van der Waals surface area contributed by atoms with Gasteiger partial charge in [0.1, 0.15) is 11.6 Å². The van der Waals surface area contributed by atoms with Crippen LogP contribution in [0.1, 0.15) is 47.1 Å². The number of amides is 1. The van der Waals surface area contributed by atoms with E-state index < -0.39 is 46.0 Å². The van der Waals surface area contributed by atoms with E-state index in [1.54, 1.807) is 47.6 Å². The Bertz CT molecular complexity index is 970. The maximum absolute atomic E-state index is 12.5. The number of hydrogen-bond acceptors (Lipinski definition) is 8. The molecule has 0 saturated heterocycles. The van der Waals surface area contributed by atoms with Crippen LogP contribution in [0.2, 0.25) is 0 Å². The zero-order chi connectivity index (χ0) is 24.6. The SMILES string of the molecule is CCN(CC)C(=O)/C(C#N)=C/c1cc(OC(=O)C(C)C)c(OC(=O)C(C)C)c([N+](=O)[O-])c1. The number of carbonyl (C=O) groups excluding carboxylic acids is 3. The van der Waals surface area contributed by atoms with E-state index in [-0.39, 0.29) is 16.9 Å². The molecule has 0 bridgehead atoms. The molecule has 0 saturated carbocycles. The van der Waals surface area contributed by atoms with E-state index in [2.05, 4.69) is 0 Å². The normalized spacial score (nSPS) is 11.2. The van der Waals surface area contributed by atoms with Gasteiger partial charge in [-0.05, 0) is 31.6 Å². The largest absolute Gasteiger partial charge is 0.422 e. The Labute approximate surface area is 186 Å². The summed E-state index contributed by atoms with van der Waals surface area (Å²) in [6, 6.07) is 4.05. The molecule has 0 fully saturated rings. The van der Waals surface area contributed by atoms with E-state index in [0.29, 0.717) is 13.1 Å². The number of benzene rings is 1. The van der Waals surface area contributed by atoms with Gasteiger partial charge in [0.15, 0.2) is 5.75 Å². The highest BCUT2D eigenvalue weighted by atomic mass is 16.6. The topological polar surface area (TPSA) is 140 Å². The van der Waals surface area contributed by atoms with Crippen molar-refractivity contribution in [3.63, 3.8) is 0 Å². The third-order valence-electron chi connectivity index (χ3n) is 4.32. The Morgan fingerprint density at radius 1 is 1.09 bits per heavy atom. The zero-order valence-corrected chi connectivity index (χ0v) is 19.0. The number of ether oxygens (including phenoxy) is 2. The Morgan fingerprint density at radius 3 is 2.06 bits per heavy atom. The van der Waals surface area contributed by atoms with Gasteiger partial charge in [-0.3, -0.25) is 24.5 Å². The smallest absolute Gasteiger partial charge is 0.316 e. The first kappa shape index (κ1) is 26.3. The van der Waals surface area contributed by atoms with Crippen LogP contribution in [-0.4, -0.2) is 40.8 Å². The number of esters is 2. The summed E-state index contributed by atoms with van der Waals surface area (Å²) < 4.78 is 10.4. The number of rotatable bonds is 9. The van der Waals surface area contributed by atoms with Crippen LogP contribution in [0.25, 0.3) is 6.08 Å². The van der Waals surface area contributed by atoms with Gasteiger partial charge in [-0.15, -0.1) is 0 Å². The summed E-state index contributed by atoms with van der Waals surface area (Å²) in [5, 5.41) is 21.1. The highest BCUT2D eigenvalue weighted by Gasteiger charge is 2.28. The van der Waals surface area contributed by atoms with Gasteiger partial charge in [-0.2, -0.15) is 5.26 Å². The van der Waals surface area contributed by atoms with Crippen LogP contribution in [0.15, 0.2) is 17.7 Å². The van der Waals surface area contributed by atoms with Gasteiger partial charge in [0.2, 0.25) is 0 Å². The fourth-order valence-electron chi connectivity index (χ4n) is 2.44. The molecule has 1 aromatic carbocycles. The minimum atomic E-state index is -0.800. The van der Waals surface area contributed by atoms with Crippen molar-refractivity contribution in [1.82, 2.24) is 4.90 Å². The van der Waals surface area contributed by atoms with Gasteiger partial charge in [-0.25, -0.2) is 0 Å². The first-order valence-electron chi connectivity index (χ1n) is 10.1. The molecule has 0 unspecified atom stereocenters. The van der Waals surface area contributed by atoms with E-state index in [1.807, 2.05) is 0 Å². The fraction of sp³-hybridized carbons (Fsp3) is 0.455. The van der Waals surface area contributed by atoms with Crippen LogP contribution in [0.4, 0.5) is 5.69 Å². The van der Waals surface area contributed by atoms with E-state index >= 15 is 0 Å². The standard InChI is InChI=1S/C22H27N3O7/c1-7-24(8-2)20(26)16(12-23)9-15-10-17(25(29)30)19(32-22(28)14(5)6)18(11-15)31-21(27)13(3)4/h9-11,13-14H,7-8H2,1-6H3/b16-9+. The predicted octanol–water partition coefficient (Wildman–Crippen LogP) is 3.49. The number of nitrogens with zero attached hydrogens (tertiary/aromatic N) is 3. The van der Waals surface area contributed by atoms with Crippen LogP contribution in [0, 0.1) is 33.3 Å². The van der Waals surface area contributed by atoms with E-state index in [4.69, 9.17) is 9.47 Å². The molecule has 1 rings (SSSR count). The molecule has 1 aromatic rings. The lowest BCUT2D eigenvalue weighted by molar-refractivity contribution is -0.385. The third kappa shape index (κ3) is 6.63. The van der Waals surface area contributed by atoms with Crippen molar-refractivity contribution in [2.24, 2.45) is 11.8 Å². The highest BCUT2D eigenvalue weighted by molar-refractivity contribution is 6.02. The molecule has 0 heterocycles. The molecule has 0 N–H and O–H groups in total. The second-order valence-corrected chi connectivity index (χ2v) is 7.42. The average Bonchev–Trinajstić information content (AvgIpc) is 2.73. The van der Waals surface area contributed by atoms with Crippen molar-refractivity contribution >= 4 is 29.6 Å². The van der Waals surface area contributed by atoms with Gasteiger partial charge < -0.3 is 14.4 Å². The van der Waals surface area contributed by atoms with Crippen LogP contribution >= 0.6 is 0 Å². The van der Waals surface area contributed by atoms with Crippen LogP contribution in [-0.2, 0) is 14.4 Å². The number of likely N-dealkylation sites (N-methyl/N-ethyl adjacent to an activating group) is 1. The Balaban J connectivity index is 3.71. The average molecular weight is 445 g/mol. The minimum absolute atomic E-state index is 0.0599. The second-order valence-electron chi connectivity index (χ2n) is 7.42. The molecule has 10 heteroatoms. The molecule has 0 aliphatic carbocycles.